The van der Waals surface area contributed by atoms with Crippen molar-refractivity contribution in [2.24, 2.45) is 5.92 Å². The minimum atomic E-state index is -0.138. The molecule has 0 N–H and O–H groups in total. The maximum Gasteiger partial charge on any atom is 0.410 e. The first kappa shape index (κ1) is 16.4. The number of carbonyl (C=O) groups excluding carboxylic acids is 1. The highest BCUT2D eigenvalue weighted by Crippen LogP contribution is 2.59. The summed E-state index contributed by atoms with van der Waals surface area (Å²) in [4.78, 5) is 13.9. The summed E-state index contributed by atoms with van der Waals surface area (Å²) in [5.74, 6) is 0.323. The summed E-state index contributed by atoms with van der Waals surface area (Å²) in [5, 5.41) is 0. The Morgan fingerprint density at radius 1 is 1.38 bits per heavy atom. The molecule has 3 aliphatic heterocycles. The summed E-state index contributed by atoms with van der Waals surface area (Å²) < 4.78 is 17.8. The van der Waals surface area contributed by atoms with Gasteiger partial charge in [0.25, 0.3) is 0 Å². The number of nitrogens with zero attached hydrogens (tertiary/aromatic N) is 1. The number of carbonyl (C=O) groups is 1. The third-order valence-corrected chi connectivity index (χ3v) is 6.33. The molecule has 5 nitrogen and oxygen atoms in total. The minimum absolute atomic E-state index is 0.00283. The fourth-order valence-electron chi connectivity index (χ4n) is 4.40. The van der Waals surface area contributed by atoms with Crippen LogP contribution in [0.3, 0.4) is 0 Å². The van der Waals surface area contributed by atoms with Crippen LogP contribution in [0, 0.1) is 5.92 Å². The first-order chi connectivity index (χ1) is 11.4. The van der Waals surface area contributed by atoms with Crippen molar-refractivity contribution in [3.8, 4) is 0 Å². The van der Waals surface area contributed by atoms with Crippen molar-refractivity contribution in [1.82, 2.24) is 4.90 Å². The van der Waals surface area contributed by atoms with Gasteiger partial charge in [-0.15, -0.1) is 0 Å². The standard InChI is InChI=1S/C19H29NO4/c1-13(2)5-6-16-18(3,24-16)15-11-14(7-8-19(15)12-22-19)23-17(21)20-9-4-10-20/h5,14-16H,4,6-12H2,1-3H3/t14-,15-,16-,18-,19+/m1/s1. The highest BCUT2D eigenvalue weighted by atomic mass is 16.6. The number of rotatable bonds is 4. The SMILES string of the molecule is CC(C)=CC[C@H]1O[C@]1(C)[C@H]1C[C@H](OC(=O)N2CCC2)CC[C@]12CO2. The molecule has 3 saturated heterocycles. The predicted octanol–water partition coefficient (Wildman–Crippen LogP) is 3.28. The van der Waals surface area contributed by atoms with Crippen LogP contribution in [0.2, 0.25) is 0 Å². The van der Waals surface area contributed by atoms with Crippen LogP contribution in [0.5, 0.6) is 0 Å². The number of allylic oxidation sites excluding steroid dienone is 1. The van der Waals surface area contributed by atoms with Crippen LogP contribution in [0.4, 0.5) is 4.79 Å². The lowest BCUT2D eigenvalue weighted by atomic mass is 9.70. The zero-order valence-electron chi connectivity index (χ0n) is 15.0. The number of hydrogen-bond donors (Lipinski definition) is 0. The molecule has 5 heteroatoms. The average Bonchev–Trinajstić information content (AvgIpc) is 3.36. The third kappa shape index (κ3) is 2.86. The topological polar surface area (TPSA) is 54.6 Å². The van der Waals surface area contributed by atoms with E-state index in [2.05, 4.69) is 26.8 Å². The van der Waals surface area contributed by atoms with E-state index in [1.54, 1.807) is 4.90 Å². The van der Waals surface area contributed by atoms with Gasteiger partial charge >= 0.3 is 6.09 Å². The molecule has 4 rings (SSSR count). The second-order valence-corrected chi connectivity index (χ2v) is 8.33. The van der Waals surface area contributed by atoms with E-state index < -0.39 is 0 Å². The maximum absolute atomic E-state index is 12.1. The smallest absolute Gasteiger partial charge is 0.410 e. The number of likely N-dealkylation sites (tertiary alicyclic amines) is 1. The fraction of sp³-hybridized carbons (Fsp3) is 0.842. The molecule has 1 amide bonds. The summed E-state index contributed by atoms with van der Waals surface area (Å²) >= 11 is 0. The Balaban J connectivity index is 1.39. The van der Waals surface area contributed by atoms with Crippen LogP contribution in [-0.2, 0) is 14.2 Å². The van der Waals surface area contributed by atoms with Crippen molar-refractivity contribution >= 4 is 6.09 Å². The van der Waals surface area contributed by atoms with Crippen LogP contribution < -0.4 is 0 Å². The maximum atomic E-state index is 12.1. The van der Waals surface area contributed by atoms with Crippen LogP contribution in [0.15, 0.2) is 11.6 Å². The van der Waals surface area contributed by atoms with Crippen molar-refractivity contribution in [1.29, 1.82) is 0 Å². The fourth-order valence-corrected chi connectivity index (χ4v) is 4.40. The number of ether oxygens (including phenoxy) is 3. The number of hydrogen-bond acceptors (Lipinski definition) is 4. The summed E-state index contributed by atoms with van der Waals surface area (Å²) in [6, 6.07) is 0. The van der Waals surface area contributed by atoms with Crippen LogP contribution in [-0.4, -0.2) is 54.1 Å². The van der Waals surface area contributed by atoms with E-state index >= 15 is 0 Å². The molecular formula is C19H29NO4. The largest absolute Gasteiger partial charge is 0.446 e. The van der Waals surface area contributed by atoms with Crippen molar-refractivity contribution in [3.05, 3.63) is 11.6 Å². The molecule has 134 valence electrons. The first-order valence-electron chi connectivity index (χ1n) is 9.34. The van der Waals surface area contributed by atoms with Gasteiger partial charge in [-0.25, -0.2) is 4.79 Å². The lowest BCUT2D eigenvalue weighted by Gasteiger charge is -2.38. The number of amides is 1. The van der Waals surface area contributed by atoms with Gasteiger partial charge in [-0.2, -0.15) is 0 Å². The Morgan fingerprint density at radius 2 is 2.12 bits per heavy atom. The Bertz CT molecular complexity index is 548. The highest BCUT2D eigenvalue weighted by molar-refractivity contribution is 5.68. The molecule has 0 aromatic carbocycles. The second-order valence-electron chi connectivity index (χ2n) is 8.33. The lowest BCUT2D eigenvalue weighted by molar-refractivity contribution is -0.0151. The van der Waals surface area contributed by atoms with Gasteiger partial charge in [0, 0.05) is 19.0 Å². The van der Waals surface area contributed by atoms with Crippen LogP contribution in [0.1, 0.15) is 52.9 Å². The van der Waals surface area contributed by atoms with E-state index in [0.29, 0.717) is 5.92 Å². The molecule has 1 saturated carbocycles. The molecule has 4 fully saturated rings. The molecule has 3 heterocycles. The van der Waals surface area contributed by atoms with Crippen LogP contribution >= 0.6 is 0 Å². The molecule has 1 aliphatic carbocycles. The van der Waals surface area contributed by atoms with Gasteiger partial charge in [0.15, 0.2) is 0 Å². The summed E-state index contributed by atoms with van der Waals surface area (Å²) in [6.07, 6.45) is 7.18. The summed E-state index contributed by atoms with van der Waals surface area (Å²) in [7, 11) is 0. The summed E-state index contributed by atoms with van der Waals surface area (Å²) in [5.41, 5.74) is 1.17. The second kappa shape index (κ2) is 5.73. The Kier molecular flexibility index (Phi) is 3.92. The van der Waals surface area contributed by atoms with Gasteiger partial charge in [-0.3, -0.25) is 0 Å². The van der Waals surface area contributed by atoms with E-state index in [1.807, 2.05) is 0 Å². The van der Waals surface area contributed by atoms with Crippen molar-refractivity contribution in [3.63, 3.8) is 0 Å². The van der Waals surface area contributed by atoms with Gasteiger partial charge in [-0.05, 0) is 52.9 Å². The summed E-state index contributed by atoms with van der Waals surface area (Å²) in [6.45, 7) is 8.97. The van der Waals surface area contributed by atoms with Gasteiger partial charge in [-0.1, -0.05) is 11.6 Å². The van der Waals surface area contributed by atoms with E-state index in [0.717, 1.165) is 51.8 Å². The molecule has 24 heavy (non-hydrogen) atoms. The first-order valence-corrected chi connectivity index (χ1v) is 9.34. The molecular weight excluding hydrogens is 306 g/mol. The molecule has 1 spiro atoms. The molecule has 0 unspecified atom stereocenters. The third-order valence-electron chi connectivity index (χ3n) is 6.33. The Labute approximate surface area is 144 Å². The quantitative estimate of drug-likeness (QED) is 0.584. The van der Waals surface area contributed by atoms with Gasteiger partial charge in [0.05, 0.1) is 23.9 Å². The predicted molar refractivity (Wildman–Crippen MR) is 89.8 cm³/mol. The molecule has 4 aliphatic rings. The van der Waals surface area contributed by atoms with Crippen molar-refractivity contribution < 1.29 is 19.0 Å². The molecule has 0 aromatic heterocycles. The van der Waals surface area contributed by atoms with Gasteiger partial charge < -0.3 is 19.1 Å². The zero-order chi connectivity index (χ0) is 16.9. The van der Waals surface area contributed by atoms with Crippen LogP contribution in [0.25, 0.3) is 0 Å². The molecule has 0 aromatic rings. The number of epoxide rings is 2. The normalized spacial score (nSPS) is 43.1. The molecule has 0 radical (unpaired) electrons. The highest BCUT2D eigenvalue weighted by Gasteiger charge is 2.68. The lowest BCUT2D eigenvalue weighted by Crippen LogP contribution is -2.47. The molecule has 5 atom stereocenters. The zero-order valence-corrected chi connectivity index (χ0v) is 15.0. The van der Waals surface area contributed by atoms with E-state index in [-0.39, 0.29) is 29.5 Å². The average molecular weight is 335 g/mol. The van der Waals surface area contributed by atoms with Crippen molar-refractivity contribution in [2.75, 3.05) is 19.7 Å². The van der Waals surface area contributed by atoms with E-state index in [9.17, 15) is 4.79 Å². The Morgan fingerprint density at radius 3 is 2.71 bits per heavy atom. The van der Waals surface area contributed by atoms with Gasteiger partial charge in [0.2, 0.25) is 0 Å². The van der Waals surface area contributed by atoms with E-state index in [1.165, 1.54) is 5.57 Å². The molecule has 0 bridgehead atoms. The monoisotopic (exact) mass is 335 g/mol. The van der Waals surface area contributed by atoms with Crippen molar-refractivity contribution in [2.45, 2.75) is 76.3 Å². The van der Waals surface area contributed by atoms with Gasteiger partial charge in [0.1, 0.15) is 6.10 Å². The minimum Gasteiger partial charge on any atom is -0.446 e. The Hall–Kier alpha value is -1.07. The van der Waals surface area contributed by atoms with E-state index in [4.69, 9.17) is 14.2 Å².